The maximum Gasteiger partial charge on any atom is 0.229 e. The van der Waals surface area contributed by atoms with E-state index in [1.165, 1.54) is 0 Å². The summed E-state index contributed by atoms with van der Waals surface area (Å²) >= 11 is 6.15. The molecule has 0 saturated heterocycles. The lowest BCUT2D eigenvalue weighted by Gasteiger charge is -2.03. The number of aryl methyl sites for hydroxylation is 1. The molecule has 5 heteroatoms. The van der Waals surface area contributed by atoms with Crippen molar-refractivity contribution < 1.29 is 4.79 Å². The van der Waals surface area contributed by atoms with Crippen LogP contribution in [0, 0.1) is 5.92 Å². The first-order chi connectivity index (χ1) is 9.15. The molecule has 1 amide bonds. The van der Waals surface area contributed by atoms with Crippen molar-refractivity contribution in [1.82, 2.24) is 9.78 Å². The predicted octanol–water partition coefficient (Wildman–Crippen LogP) is 2.82. The molecule has 1 aromatic carbocycles. The van der Waals surface area contributed by atoms with Gasteiger partial charge in [0.25, 0.3) is 0 Å². The van der Waals surface area contributed by atoms with Crippen LogP contribution in [0.1, 0.15) is 17.9 Å². The Morgan fingerprint density at radius 1 is 1.42 bits per heavy atom. The maximum atomic E-state index is 12.1. The number of rotatable bonds is 3. The van der Waals surface area contributed by atoms with Crippen LogP contribution < -0.4 is 5.32 Å². The highest BCUT2D eigenvalue weighted by atomic mass is 35.5. The quantitative estimate of drug-likeness (QED) is 0.936. The van der Waals surface area contributed by atoms with E-state index in [1.54, 1.807) is 16.9 Å². The van der Waals surface area contributed by atoms with Gasteiger partial charge in [0.05, 0.1) is 0 Å². The number of hydrogen-bond acceptors (Lipinski definition) is 2. The van der Waals surface area contributed by atoms with Gasteiger partial charge < -0.3 is 5.32 Å². The molecule has 1 aliphatic carbocycles. The first-order valence-electron chi connectivity index (χ1n) is 6.20. The fourth-order valence-corrected chi connectivity index (χ4v) is 2.58. The van der Waals surface area contributed by atoms with Gasteiger partial charge in [-0.3, -0.25) is 9.48 Å². The summed E-state index contributed by atoms with van der Waals surface area (Å²) in [6.45, 7) is 0. The third-order valence-electron chi connectivity index (χ3n) is 3.40. The Labute approximate surface area is 116 Å². The highest BCUT2D eigenvalue weighted by Gasteiger charge is 2.44. The predicted molar refractivity (Wildman–Crippen MR) is 74.1 cm³/mol. The Bertz CT molecular complexity index is 623. The first-order valence-corrected chi connectivity index (χ1v) is 6.58. The smallest absolute Gasteiger partial charge is 0.229 e. The number of carbonyl (C=O) groups excluding carboxylic acids is 1. The van der Waals surface area contributed by atoms with Crippen molar-refractivity contribution >= 4 is 23.3 Å². The van der Waals surface area contributed by atoms with E-state index >= 15 is 0 Å². The minimum atomic E-state index is 0.00176. The molecule has 98 valence electrons. The van der Waals surface area contributed by atoms with E-state index in [4.69, 9.17) is 11.6 Å². The molecule has 1 fully saturated rings. The summed E-state index contributed by atoms with van der Waals surface area (Å²) in [7, 11) is 1.82. The van der Waals surface area contributed by atoms with Crippen LogP contribution >= 0.6 is 11.6 Å². The fourth-order valence-electron chi connectivity index (χ4n) is 2.30. The van der Waals surface area contributed by atoms with Crippen LogP contribution in [0.3, 0.4) is 0 Å². The Hall–Kier alpha value is -1.81. The number of anilines is 1. The van der Waals surface area contributed by atoms with E-state index in [0.717, 1.165) is 17.0 Å². The molecule has 19 heavy (non-hydrogen) atoms. The highest BCUT2D eigenvalue weighted by molar-refractivity contribution is 6.31. The van der Waals surface area contributed by atoms with Gasteiger partial charge >= 0.3 is 0 Å². The van der Waals surface area contributed by atoms with Crippen LogP contribution in [0.15, 0.2) is 36.5 Å². The molecule has 1 heterocycles. The lowest BCUT2D eigenvalue weighted by Crippen LogP contribution is -2.15. The molecule has 1 saturated carbocycles. The van der Waals surface area contributed by atoms with E-state index in [0.29, 0.717) is 5.82 Å². The van der Waals surface area contributed by atoms with Crippen LogP contribution in [0.5, 0.6) is 0 Å². The van der Waals surface area contributed by atoms with Gasteiger partial charge in [0.1, 0.15) is 0 Å². The summed E-state index contributed by atoms with van der Waals surface area (Å²) in [6, 6.07) is 9.49. The van der Waals surface area contributed by atoms with Crippen LogP contribution in [-0.2, 0) is 11.8 Å². The lowest BCUT2D eigenvalue weighted by molar-refractivity contribution is -0.117. The maximum absolute atomic E-state index is 12.1. The van der Waals surface area contributed by atoms with Gasteiger partial charge in [-0.1, -0.05) is 29.8 Å². The van der Waals surface area contributed by atoms with Crippen LogP contribution in [0.25, 0.3) is 0 Å². The third kappa shape index (κ3) is 2.49. The van der Waals surface area contributed by atoms with Gasteiger partial charge in [0.15, 0.2) is 5.82 Å². The molecule has 2 atom stereocenters. The van der Waals surface area contributed by atoms with E-state index in [1.807, 2.05) is 31.3 Å². The van der Waals surface area contributed by atoms with Gasteiger partial charge in [-0.15, -0.1) is 0 Å². The van der Waals surface area contributed by atoms with Crippen molar-refractivity contribution in [2.75, 3.05) is 5.32 Å². The van der Waals surface area contributed by atoms with Crippen LogP contribution in [0.4, 0.5) is 5.82 Å². The molecule has 0 radical (unpaired) electrons. The van der Waals surface area contributed by atoms with Gasteiger partial charge in [-0.2, -0.15) is 5.10 Å². The van der Waals surface area contributed by atoms with Crippen molar-refractivity contribution in [2.24, 2.45) is 13.0 Å². The van der Waals surface area contributed by atoms with E-state index in [9.17, 15) is 4.79 Å². The number of aromatic nitrogens is 2. The molecule has 2 unspecified atom stereocenters. The molecule has 0 spiro atoms. The molecular weight excluding hydrogens is 262 g/mol. The number of nitrogens with one attached hydrogen (secondary N) is 1. The second-order valence-corrected chi connectivity index (χ2v) is 5.24. The fraction of sp³-hybridized carbons (Fsp3) is 0.286. The Kier molecular flexibility index (Phi) is 3.03. The minimum absolute atomic E-state index is 0.00176. The molecular formula is C14H14ClN3O. The van der Waals surface area contributed by atoms with Crippen molar-refractivity contribution in [1.29, 1.82) is 0 Å². The molecule has 1 aliphatic rings. The summed E-state index contributed by atoms with van der Waals surface area (Å²) in [5.41, 5.74) is 1.06. The van der Waals surface area contributed by atoms with Crippen molar-refractivity contribution in [3.63, 3.8) is 0 Å². The number of amides is 1. The monoisotopic (exact) mass is 275 g/mol. The summed E-state index contributed by atoms with van der Waals surface area (Å²) in [6.07, 6.45) is 2.65. The van der Waals surface area contributed by atoms with Crippen LogP contribution in [0.2, 0.25) is 5.02 Å². The van der Waals surface area contributed by atoms with E-state index < -0.39 is 0 Å². The largest absolute Gasteiger partial charge is 0.309 e. The van der Waals surface area contributed by atoms with Gasteiger partial charge in [0.2, 0.25) is 5.91 Å². The molecule has 3 rings (SSSR count). The number of benzene rings is 1. The SMILES string of the molecule is Cn1ccc(NC(=O)C2CC2c2ccccc2Cl)n1. The summed E-state index contributed by atoms with van der Waals surface area (Å²) in [5.74, 6) is 0.847. The molecule has 4 nitrogen and oxygen atoms in total. The van der Waals surface area contributed by atoms with Gasteiger partial charge in [0, 0.05) is 30.3 Å². The van der Waals surface area contributed by atoms with Gasteiger partial charge in [-0.25, -0.2) is 0 Å². The standard InChI is InChI=1S/C14H14ClN3O/c1-18-7-6-13(17-18)16-14(19)11-8-10(11)9-4-2-3-5-12(9)15/h2-7,10-11H,8H2,1H3,(H,16,17,19). The molecule has 1 aromatic heterocycles. The lowest BCUT2D eigenvalue weighted by atomic mass is 10.1. The molecule has 2 aromatic rings. The molecule has 0 bridgehead atoms. The second kappa shape index (κ2) is 4.70. The van der Waals surface area contributed by atoms with Gasteiger partial charge in [-0.05, 0) is 24.0 Å². The Balaban J connectivity index is 1.66. The van der Waals surface area contributed by atoms with E-state index in [-0.39, 0.29) is 17.7 Å². The minimum Gasteiger partial charge on any atom is -0.309 e. The zero-order valence-corrected chi connectivity index (χ0v) is 11.3. The average Bonchev–Trinajstić information content (AvgIpc) is 3.08. The normalized spacial score (nSPS) is 21.2. The Morgan fingerprint density at radius 2 is 2.21 bits per heavy atom. The number of halogens is 1. The highest BCUT2D eigenvalue weighted by Crippen LogP contribution is 2.49. The molecule has 1 N–H and O–H groups in total. The molecule has 0 aliphatic heterocycles. The summed E-state index contributed by atoms with van der Waals surface area (Å²) in [4.78, 5) is 12.1. The third-order valence-corrected chi connectivity index (χ3v) is 3.74. The van der Waals surface area contributed by atoms with Crippen molar-refractivity contribution in [3.05, 3.63) is 47.1 Å². The summed E-state index contributed by atoms with van der Waals surface area (Å²) in [5, 5.41) is 7.70. The zero-order valence-electron chi connectivity index (χ0n) is 10.5. The second-order valence-electron chi connectivity index (χ2n) is 4.83. The first kappa shape index (κ1) is 12.2. The Morgan fingerprint density at radius 3 is 2.89 bits per heavy atom. The summed E-state index contributed by atoms with van der Waals surface area (Å²) < 4.78 is 1.66. The van der Waals surface area contributed by atoms with Crippen LogP contribution in [-0.4, -0.2) is 15.7 Å². The van der Waals surface area contributed by atoms with Crippen molar-refractivity contribution in [2.45, 2.75) is 12.3 Å². The average molecular weight is 276 g/mol. The number of nitrogens with zero attached hydrogens (tertiary/aromatic N) is 2. The zero-order chi connectivity index (χ0) is 13.4. The number of hydrogen-bond donors (Lipinski definition) is 1. The van der Waals surface area contributed by atoms with E-state index in [2.05, 4.69) is 10.4 Å². The topological polar surface area (TPSA) is 46.9 Å². The van der Waals surface area contributed by atoms with Crippen molar-refractivity contribution in [3.8, 4) is 0 Å². The number of carbonyl (C=O) groups is 1.